The van der Waals surface area contributed by atoms with E-state index in [-0.39, 0.29) is 12.2 Å². The second-order valence-electron chi connectivity index (χ2n) is 17.8. The number of allylic oxidation sites excluding steroid dienone is 2. The van der Waals surface area contributed by atoms with Crippen molar-refractivity contribution in [3.8, 4) is 0 Å². The third-order valence-corrected chi connectivity index (χ3v) is 14.6. The van der Waals surface area contributed by atoms with Gasteiger partial charge >= 0.3 is 6.09 Å². The number of carbonyl (C=O) groups is 2. The molecule has 0 heterocycles. The Morgan fingerprint density at radius 1 is 0.771 bits per heavy atom. The van der Waals surface area contributed by atoms with Gasteiger partial charge < -0.3 is 14.8 Å². The first kappa shape index (κ1) is 39.5. The number of alkyl carbamates (subject to hydrolysis) is 1. The lowest BCUT2D eigenvalue weighted by molar-refractivity contribution is -0.130. The molecule has 0 bridgehead atoms. The number of rotatable bonds is 21. The fourth-order valence-corrected chi connectivity index (χ4v) is 11.7. The van der Waals surface area contributed by atoms with Crippen molar-refractivity contribution in [3.63, 3.8) is 0 Å². The molecule has 0 saturated heterocycles. The summed E-state index contributed by atoms with van der Waals surface area (Å²) in [4.78, 5) is 24.4. The van der Waals surface area contributed by atoms with Crippen molar-refractivity contribution in [2.24, 2.45) is 46.3 Å². The average Bonchev–Trinajstić information content (AvgIpc) is 3.42. The van der Waals surface area contributed by atoms with Crippen LogP contribution >= 0.6 is 0 Å². The van der Waals surface area contributed by atoms with E-state index >= 15 is 0 Å². The molecule has 5 unspecified atom stereocenters. The number of nitrogens with one attached hydrogen (secondary N) is 1. The standard InChI is InChI=1S/C44H77NO3/c1-6-7-8-9-10-11-12-13-14-15-16-17-18-19-20-21-32-45-42(47)48-37-28-30-43(4)36(33-37)24-25-38-40-27-26-39(34(2)22-23-35(3)46)44(40,5)31-29-41(38)43/h13-14,34,36-41H,6-12,15-33H2,1-5H3,(H,45,47)/b14-13-/t34-,36?,37?,38?,39-,40?,41?,43+,44-/m1/s1. The predicted molar refractivity (Wildman–Crippen MR) is 202 cm³/mol. The molecule has 0 aromatic carbocycles. The Morgan fingerprint density at radius 2 is 1.40 bits per heavy atom. The van der Waals surface area contributed by atoms with Crippen molar-refractivity contribution >= 4 is 11.9 Å². The van der Waals surface area contributed by atoms with E-state index in [1.165, 1.54) is 128 Å². The van der Waals surface area contributed by atoms with Crippen LogP contribution in [0.5, 0.6) is 0 Å². The van der Waals surface area contributed by atoms with E-state index in [0.29, 0.717) is 28.4 Å². The van der Waals surface area contributed by atoms with E-state index in [2.05, 4.69) is 45.2 Å². The number of carbonyl (C=O) groups excluding carboxylic acids is 2. The van der Waals surface area contributed by atoms with Gasteiger partial charge in [-0.3, -0.25) is 0 Å². The largest absolute Gasteiger partial charge is 0.446 e. The van der Waals surface area contributed by atoms with Gasteiger partial charge in [-0.05, 0) is 150 Å². The molecule has 0 radical (unpaired) electrons. The summed E-state index contributed by atoms with van der Waals surface area (Å²) in [5, 5.41) is 3.07. The van der Waals surface area contributed by atoms with Crippen LogP contribution in [0, 0.1) is 46.3 Å². The first-order valence-electron chi connectivity index (χ1n) is 21.3. The van der Waals surface area contributed by atoms with Crippen LogP contribution in [-0.2, 0) is 9.53 Å². The van der Waals surface area contributed by atoms with Crippen molar-refractivity contribution in [3.05, 3.63) is 12.2 Å². The Labute approximate surface area is 297 Å². The highest BCUT2D eigenvalue weighted by molar-refractivity contribution is 5.75. The summed E-state index contributed by atoms with van der Waals surface area (Å²) in [5.74, 6) is 5.05. The highest BCUT2D eigenvalue weighted by Gasteiger charge is 2.60. The molecule has 0 aromatic heterocycles. The zero-order valence-electron chi connectivity index (χ0n) is 32.3. The second kappa shape index (κ2) is 19.9. The van der Waals surface area contributed by atoms with Crippen LogP contribution in [0.25, 0.3) is 0 Å². The van der Waals surface area contributed by atoms with Crippen molar-refractivity contribution in [1.82, 2.24) is 5.32 Å². The van der Waals surface area contributed by atoms with Gasteiger partial charge in [0.15, 0.2) is 0 Å². The van der Waals surface area contributed by atoms with Crippen LogP contribution in [0.1, 0.15) is 195 Å². The summed E-state index contributed by atoms with van der Waals surface area (Å²) >= 11 is 0. The fraction of sp³-hybridized carbons (Fsp3) is 0.909. The first-order valence-corrected chi connectivity index (χ1v) is 21.3. The molecule has 0 aromatic rings. The second-order valence-corrected chi connectivity index (χ2v) is 17.8. The number of fused-ring (bicyclic) bond motifs is 5. The topological polar surface area (TPSA) is 55.4 Å². The molecule has 4 aliphatic rings. The van der Waals surface area contributed by atoms with Gasteiger partial charge in [0, 0.05) is 13.0 Å². The molecular formula is C44H77NO3. The van der Waals surface area contributed by atoms with Gasteiger partial charge in [-0.1, -0.05) is 97.6 Å². The molecule has 4 aliphatic carbocycles. The maximum atomic E-state index is 12.7. The van der Waals surface area contributed by atoms with Crippen molar-refractivity contribution < 1.29 is 14.3 Å². The quantitative estimate of drug-likeness (QED) is 0.0979. The lowest BCUT2D eigenvalue weighted by Gasteiger charge is -2.61. The Kier molecular flexibility index (Phi) is 16.4. The third-order valence-electron chi connectivity index (χ3n) is 14.6. The van der Waals surface area contributed by atoms with Gasteiger partial charge in [0.2, 0.25) is 0 Å². The van der Waals surface area contributed by atoms with Gasteiger partial charge in [0.05, 0.1) is 0 Å². The molecule has 48 heavy (non-hydrogen) atoms. The number of hydrogen-bond acceptors (Lipinski definition) is 3. The summed E-state index contributed by atoms with van der Waals surface area (Å²) in [5.41, 5.74) is 0.867. The molecule has 1 amide bonds. The summed E-state index contributed by atoms with van der Waals surface area (Å²) in [6.07, 6.45) is 36.3. The van der Waals surface area contributed by atoms with E-state index in [1.807, 2.05) is 0 Å². The van der Waals surface area contributed by atoms with Gasteiger partial charge in [-0.15, -0.1) is 0 Å². The molecule has 4 rings (SSSR count). The smallest absolute Gasteiger partial charge is 0.407 e. The van der Waals surface area contributed by atoms with E-state index in [1.54, 1.807) is 6.92 Å². The zero-order chi connectivity index (χ0) is 34.4. The summed E-state index contributed by atoms with van der Waals surface area (Å²) in [7, 11) is 0. The van der Waals surface area contributed by atoms with Crippen LogP contribution in [0.15, 0.2) is 12.2 Å². The van der Waals surface area contributed by atoms with E-state index in [0.717, 1.165) is 62.3 Å². The highest BCUT2D eigenvalue weighted by Crippen LogP contribution is 2.68. The Morgan fingerprint density at radius 3 is 2.08 bits per heavy atom. The zero-order valence-corrected chi connectivity index (χ0v) is 32.3. The monoisotopic (exact) mass is 668 g/mol. The van der Waals surface area contributed by atoms with Crippen molar-refractivity contribution in [2.45, 2.75) is 201 Å². The number of unbranched alkanes of at least 4 members (excludes halogenated alkanes) is 12. The molecular weight excluding hydrogens is 590 g/mol. The minimum Gasteiger partial charge on any atom is -0.446 e. The Hall–Kier alpha value is -1.32. The van der Waals surface area contributed by atoms with Crippen molar-refractivity contribution in [2.75, 3.05) is 6.54 Å². The van der Waals surface area contributed by atoms with Crippen molar-refractivity contribution in [1.29, 1.82) is 0 Å². The van der Waals surface area contributed by atoms with E-state index in [9.17, 15) is 9.59 Å². The first-order chi connectivity index (χ1) is 23.2. The fourth-order valence-electron chi connectivity index (χ4n) is 11.7. The molecule has 4 heteroatoms. The van der Waals surface area contributed by atoms with Crippen LogP contribution in [0.4, 0.5) is 4.79 Å². The third kappa shape index (κ3) is 10.8. The van der Waals surface area contributed by atoms with E-state index in [4.69, 9.17) is 4.74 Å². The lowest BCUT2D eigenvalue weighted by Crippen LogP contribution is -2.54. The molecule has 0 spiro atoms. The van der Waals surface area contributed by atoms with Gasteiger partial charge in [0.1, 0.15) is 11.9 Å². The molecule has 276 valence electrons. The number of ketones is 1. The minimum atomic E-state index is -0.186. The van der Waals surface area contributed by atoms with E-state index < -0.39 is 0 Å². The molecule has 1 N–H and O–H groups in total. The van der Waals surface area contributed by atoms with Crippen LogP contribution < -0.4 is 5.32 Å². The maximum Gasteiger partial charge on any atom is 0.407 e. The van der Waals surface area contributed by atoms with Gasteiger partial charge in [-0.2, -0.15) is 0 Å². The normalized spacial score (nSPS) is 33.5. The molecule has 4 saturated carbocycles. The Balaban J connectivity index is 1.06. The van der Waals surface area contributed by atoms with Crippen LogP contribution in [0.3, 0.4) is 0 Å². The molecule has 9 atom stereocenters. The molecule has 4 fully saturated rings. The molecule has 0 aliphatic heterocycles. The summed E-state index contributed by atoms with van der Waals surface area (Å²) < 4.78 is 6.04. The maximum absolute atomic E-state index is 12.7. The van der Waals surface area contributed by atoms with Crippen LogP contribution in [0.2, 0.25) is 0 Å². The lowest BCUT2D eigenvalue weighted by atomic mass is 9.44. The minimum absolute atomic E-state index is 0.0892. The predicted octanol–water partition coefficient (Wildman–Crippen LogP) is 12.8. The molecule has 4 nitrogen and oxygen atoms in total. The average molecular weight is 668 g/mol. The summed E-state index contributed by atoms with van der Waals surface area (Å²) in [6.45, 7) is 12.5. The van der Waals surface area contributed by atoms with Gasteiger partial charge in [0.25, 0.3) is 0 Å². The Bertz CT molecular complexity index is 992. The number of Topliss-reactive ketones (excluding diaryl/α,β-unsaturated/α-hetero) is 1. The SMILES string of the molecule is CCCCCCCC/C=C\CCCCCCCCNC(=O)OC1CC[C@@]2(C)C(CCC3C2CC[C@@]2(C)C3CC[C@@H]2[C@H](C)CCC(C)=O)C1. The van der Waals surface area contributed by atoms with Gasteiger partial charge in [-0.25, -0.2) is 4.79 Å². The summed E-state index contributed by atoms with van der Waals surface area (Å²) in [6, 6.07) is 0. The number of ether oxygens (including phenoxy) is 1. The number of amides is 1. The van der Waals surface area contributed by atoms with Crippen LogP contribution in [-0.4, -0.2) is 24.5 Å². The number of hydrogen-bond donors (Lipinski definition) is 1. The highest BCUT2D eigenvalue weighted by atomic mass is 16.6.